The first-order valence-electron chi connectivity index (χ1n) is 10.0. The van der Waals surface area contributed by atoms with Gasteiger partial charge in [-0.15, -0.1) is 0 Å². The van der Waals surface area contributed by atoms with Crippen LogP contribution >= 0.6 is 11.3 Å². The van der Waals surface area contributed by atoms with Crippen molar-refractivity contribution in [2.24, 2.45) is 0 Å². The van der Waals surface area contributed by atoms with Crippen molar-refractivity contribution in [3.63, 3.8) is 0 Å². The second-order valence-electron chi connectivity index (χ2n) is 7.34. The molecule has 4 aromatic rings. The Hall–Kier alpha value is -2.97. The van der Waals surface area contributed by atoms with Crippen LogP contribution in [0.5, 0.6) is 0 Å². The molecule has 0 spiro atoms. The fourth-order valence-corrected chi connectivity index (χ4v) is 4.81. The highest BCUT2D eigenvalue weighted by molar-refractivity contribution is 7.22. The van der Waals surface area contributed by atoms with E-state index in [-0.39, 0.29) is 25.0 Å². The number of oxazole rings is 1. The summed E-state index contributed by atoms with van der Waals surface area (Å²) in [4.78, 5) is 31.9. The fraction of sp³-hybridized carbons (Fsp3) is 0.318. The summed E-state index contributed by atoms with van der Waals surface area (Å²) >= 11 is 1.50. The van der Waals surface area contributed by atoms with Crippen LogP contribution in [0.1, 0.15) is 19.3 Å². The van der Waals surface area contributed by atoms with Crippen molar-refractivity contribution in [1.82, 2.24) is 9.55 Å². The number of hydrogen-bond donors (Lipinski definition) is 0. The van der Waals surface area contributed by atoms with Gasteiger partial charge in [-0.2, -0.15) is 0 Å². The highest BCUT2D eigenvalue weighted by Gasteiger charge is 2.26. The van der Waals surface area contributed by atoms with E-state index < -0.39 is 5.76 Å². The predicted molar refractivity (Wildman–Crippen MR) is 116 cm³/mol. The highest BCUT2D eigenvalue weighted by Crippen LogP contribution is 2.30. The maximum Gasteiger partial charge on any atom is 0.419 e. The quantitative estimate of drug-likeness (QED) is 0.471. The first-order chi connectivity index (χ1) is 14.7. The van der Waals surface area contributed by atoms with Crippen molar-refractivity contribution >= 4 is 43.7 Å². The molecule has 1 fully saturated rings. The van der Waals surface area contributed by atoms with Gasteiger partial charge in [-0.05, 0) is 37.1 Å². The van der Waals surface area contributed by atoms with Gasteiger partial charge < -0.3 is 9.15 Å². The lowest BCUT2D eigenvalue weighted by Gasteiger charge is -2.23. The predicted octanol–water partition coefficient (Wildman–Crippen LogP) is 3.81. The van der Waals surface area contributed by atoms with Gasteiger partial charge >= 0.3 is 5.76 Å². The monoisotopic (exact) mass is 423 g/mol. The third kappa shape index (κ3) is 3.64. The molecule has 0 radical (unpaired) electrons. The lowest BCUT2D eigenvalue weighted by Crippen LogP contribution is -2.38. The van der Waals surface area contributed by atoms with Crippen LogP contribution in [0.4, 0.5) is 5.13 Å². The van der Waals surface area contributed by atoms with Crippen LogP contribution in [0, 0.1) is 0 Å². The number of rotatable bonds is 6. The molecule has 1 aliphatic rings. The average Bonchev–Trinajstić information content (AvgIpc) is 3.48. The van der Waals surface area contributed by atoms with E-state index in [1.807, 2.05) is 42.5 Å². The third-order valence-electron chi connectivity index (χ3n) is 5.35. The summed E-state index contributed by atoms with van der Waals surface area (Å²) in [6, 6.07) is 15.1. The Balaban J connectivity index is 1.40. The van der Waals surface area contributed by atoms with Crippen LogP contribution in [-0.2, 0) is 16.1 Å². The molecular formula is C22H21N3O4S. The van der Waals surface area contributed by atoms with Crippen LogP contribution in [0.2, 0.25) is 0 Å². The van der Waals surface area contributed by atoms with E-state index in [4.69, 9.17) is 9.15 Å². The number of carbonyl (C=O) groups is 1. The number of aromatic nitrogens is 2. The lowest BCUT2D eigenvalue weighted by molar-refractivity contribution is -0.119. The first kappa shape index (κ1) is 19.0. The molecule has 0 bridgehead atoms. The summed E-state index contributed by atoms with van der Waals surface area (Å²) in [5.74, 6) is -0.531. The van der Waals surface area contributed by atoms with Gasteiger partial charge in [0, 0.05) is 19.6 Å². The maximum atomic E-state index is 13.2. The topological polar surface area (TPSA) is 77.6 Å². The van der Waals surface area contributed by atoms with Gasteiger partial charge in [0.25, 0.3) is 0 Å². The standard InChI is InChI=1S/C22H21N3O4S/c26-20(11-12-24-17-8-2-3-9-18(17)29-22(24)27)25(14-15-6-5-13-28-15)21-23-16-7-1-4-10-19(16)30-21/h1-4,7-10,15H,5-6,11-14H2/t15-/m0/s1. The number of amides is 1. The van der Waals surface area contributed by atoms with Gasteiger partial charge in [-0.1, -0.05) is 35.6 Å². The summed E-state index contributed by atoms with van der Waals surface area (Å²) < 4.78 is 13.6. The van der Waals surface area contributed by atoms with Crippen LogP contribution in [-0.4, -0.2) is 34.7 Å². The zero-order valence-corrected chi connectivity index (χ0v) is 17.1. The van der Waals surface area contributed by atoms with E-state index in [0.717, 1.165) is 29.7 Å². The number of thiazole rings is 1. The van der Waals surface area contributed by atoms with Crippen molar-refractivity contribution in [2.45, 2.75) is 31.9 Å². The minimum Gasteiger partial charge on any atom is -0.408 e. The van der Waals surface area contributed by atoms with Crippen molar-refractivity contribution in [3.8, 4) is 0 Å². The summed E-state index contributed by atoms with van der Waals surface area (Å²) in [6.45, 7) is 1.45. The summed E-state index contributed by atoms with van der Waals surface area (Å²) in [6.07, 6.45) is 2.12. The number of ether oxygens (including phenoxy) is 1. The van der Waals surface area contributed by atoms with Crippen LogP contribution in [0.15, 0.2) is 57.7 Å². The van der Waals surface area contributed by atoms with Crippen LogP contribution < -0.4 is 10.7 Å². The number of nitrogens with zero attached hydrogens (tertiary/aromatic N) is 3. The molecule has 1 amide bonds. The molecule has 3 heterocycles. The number of benzene rings is 2. The van der Waals surface area contributed by atoms with E-state index in [1.165, 1.54) is 15.9 Å². The molecule has 8 heteroatoms. The molecule has 2 aromatic carbocycles. The van der Waals surface area contributed by atoms with Gasteiger partial charge in [0.15, 0.2) is 10.7 Å². The second-order valence-corrected chi connectivity index (χ2v) is 8.35. The summed E-state index contributed by atoms with van der Waals surface area (Å²) in [5, 5.41) is 0.668. The third-order valence-corrected chi connectivity index (χ3v) is 6.41. The number of carbonyl (C=O) groups excluding carboxylic acids is 1. The second kappa shape index (κ2) is 8.04. The van der Waals surface area contributed by atoms with Gasteiger partial charge in [-0.3, -0.25) is 14.3 Å². The molecule has 1 aliphatic heterocycles. The Morgan fingerprint density at radius 1 is 1.20 bits per heavy atom. The summed E-state index contributed by atoms with van der Waals surface area (Å²) in [5.41, 5.74) is 2.10. The molecule has 154 valence electrons. The van der Waals surface area contributed by atoms with Gasteiger partial charge in [0.2, 0.25) is 5.91 Å². The molecule has 1 atom stereocenters. The van der Waals surface area contributed by atoms with Crippen molar-refractivity contribution in [3.05, 3.63) is 59.1 Å². The fourth-order valence-electron chi connectivity index (χ4n) is 3.82. The molecule has 0 saturated carbocycles. The molecule has 0 N–H and O–H groups in total. The number of fused-ring (bicyclic) bond motifs is 2. The Morgan fingerprint density at radius 3 is 2.87 bits per heavy atom. The van der Waals surface area contributed by atoms with E-state index in [0.29, 0.717) is 22.8 Å². The van der Waals surface area contributed by atoms with E-state index in [9.17, 15) is 9.59 Å². The lowest BCUT2D eigenvalue weighted by atomic mass is 10.2. The van der Waals surface area contributed by atoms with Gasteiger partial charge in [-0.25, -0.2) is 9.78 Å². The zero-order valence-electron chi connectivity index (χ0n) is 16.3. The normalized spacial score (nSPS) is 16.5. The molecule has 30 heavy (non-hydrogen) atoms. The molecule has 5 rings (SSSR count). The molecule has 0 aliphatic carbocycles. The first-order valence-corrected chi connectivity index (χ1v) is 10.9. The minimum absolute atomic E-state index is 0.0124. The van der Waals surface area contributed by atoms with E-state index in [1.54, 1.807) is 11.0 Å². The maximum absolute atomic E-state index is 13.2. The Morgan fingerprint density at radius 2 is 2.03 bits per heavy atom. The molecule has 2 aromatic heterocycles. The highest BCUT2D eigenvalue weighted by atomic mass is 32.1. The van der Waals surface area contributed by atoms with E-state index >= 15 is 0 Å². The van der Waals surface area contributed by atoms with Gasteiger partial charge in [0.1, 0.15) is 0 Å². The number of aryl methyl sites for hydroxylation is 1. The Bertz CT molecular complexity index is 1220. The molecule has 0 unspecified atom stereocenters. The van der Waals surface area contributed by atoms with Crippen molar-refractivity contribution < 1.29 is 13.9 Å². The average molecular weight is 423 g/mol. The summed E-state index contributed by atoms with van der Waals surface area (Å²) in [7, 11) is 0. The molecular weight excluding hydrogens is 402 g/mol. The number of para-hydroxylation sites is 3. The number of hydrogen-bond acceptors (Lipinski definition) is 6. The molecule has 7 nitrogen and oxygen atoms in total. The Kier molecular flexibility index (Phi) is 5.10. The Labute approximate surface area is 176 Å². The molecule has 1 saturated heterocycles. The largest absolute Gasteiger partial charge is 0.419 e. The van der Waals surface area contributed by atoms with E-state index in [2.05, 4.69) is 4.98 Å². The zero-order chi connectivity index (χ0) is 20.5. The smallest absolute Gasteiger partial charge is 0.408 e. The van der Waals surface area contributed by atoms with Crippen molar-refractivity contribution in [1.29, 1.82) is 0 Å². The van der Waals surface area contributed by atoms with Crippen molar-refractivity contribution in [2.75, 3.05) is 18.1 Å². The van der Waals surface area contributed by atoms with Crippen LogP contribution in [0.25, 0.3) is 21.3 Å². The SMILES string of the molecule is O=C(CCn1c(=O)oc2ccccc21)N(C[C@@H]1CCCO1)c1nc2ccccc2s1. The minimum atomic E-state index is -0.449. The van der Waals surface area contributed by atoms with Crippen LogP contribution in [0.3, 0.4) is 0 Å². The van der Waals surface area contributed by atoms with Gasteiger partial charge in [0.05, 0.1) is 28.4 Å². The number of anilines is 1.